The lowest BCUT2D eigenvalue weighted by molar-refractivity contribution is -0.116. The topological polar surface area (TPSA) is 83.3 Å². The molecule has 0 fully saturated rings. The minimum Gasteiger partial charge on any atom is -0.357 e. The zero-order valence-electron chi connectivity index (χ0n) is 18.1. The van der Waals surface area contributed by atoms with Crippen LogP contribution in [0.5, 0.6) is 0 Å². The van der Waals surface area contributed by atoms with Crippen LogP contribution in [0.15, 0.2) is 72.0 Å². The summed E-state index contributed by atoms with van der Waals surface area (Å²) >= 11 is 0. The van der Waals surface area contributed by atoms with Crippen LogP contribution < -0.4 is 16.0 Å². The fourth-order valence-corrected chi connectivity index (χ4v) is 3.82. The molecule has 2 heterocycles. The van der Waals surface area contributed by atoms with E-state index in [4.69, 9.17) is 4.99 Å². The molecule has 0 saturated carbocycles. The van der Waals surface area contributed by atoms with E-state index in [1.807, 2.05) is 42.1 Å². The minimum atomic E-state index is 0. The summed E-state index contributed by atoms with van der Waals surface area (Å²) in [7, 11) is 0. The third-order valence-electron chi connectivity index (χ3n) is 5.28. The van der Waals surface area contributed by atoms with Crippen molar-refractivity contribution in [2.75, 3.05) is 18.4 Å². The van der Waals surface area contributed by atoms with Gasteiger partial charge in [0.15, 0.2) is 5.96 Å². The van der Waals surface area contributed by atoms with Crippen LogP contribution in [0.25, 0.3) is 0 Å². The summed E-state index contributed by atoms with van der Waals surface area (Å²) in [6.07, 6.45) is 4.22. The van der Waals surface area contributed by atoms with Gasteiger partial charge >= 0.3 is 0 Å². The molecule has 0 spiro atoms. The summed E-state index contributed by atoms with van der Waals surface area (Å²) in [5, 5.41) is 13.9. The van der Waals surface area contributed by atoms with Crippen molar-refractivity contribution >= 4 is 41.5 Å². The van der Waals surface area contributed by atoms with E-state index in [0.717, 1.165) is 35.9 Å². The number of hydrogen-bond donors (Lipinski definition) is 3. The molecule has 0 aliphatic carbocycles. The fraction of sp³-hybridized carbons (Fsp3) is 0.292. The number of hydrogen-bond acceptors (Lipinski definition) is 3. The number of benzene rings is 2. The van der Waals surface area contributed by atoms with Crippen molar-refractivity contribution < 1.29 is 4.79 Å². The monoisotopic (exact) mass is 544 g/mol. The van der Waals surface area contributed by atoms with E-state index < -0.39 is 0 Å². The van der Waals surface area contributed by atoms with Gasteiger partial charge in [0.25, 0.3) is 0 Å². The fourth-order valence-electron chi connectivity index (χ4n) is 3.82. The second-order valence-corrected chi connectivity index (χ2v) is 7.64. The average molecular weight is 544 g/mol. The maximum absolute atomic E-state index is 12.1. The van der Waals surface area contributed by atoms with E-state index in [-0.39, 0.29) is 35.8 Å². The van der Waals surface area contributed by atoms with Gasteiger partial charge in [0.2, 0.25) is 5.91 Å². The number of amides is 1. The van der Waals surface area contributed by atoms with Crippen molar-refractivity contribution in [2.24, 2.45) is 4.99 Å². The standard InChI is InChI=1S/C24H28N6O.HI/c1-2-25-24(27-16-20-14-23(31)29-22-10-4-3-9-21(20)22)26-15-18-7-5-8-19(13-18)17-30-12-6-11-28-30;/h3-13,20H,2,14-17H2,1H3,(H,29,31)(H2,25,26,27);1H. The molecule has 1 unspecified atom stereocenters. The van der Waals surface area contributed by atoms with Crippen LogP contribution in [0.2, 0.25) is 0 Å². The molecule has 32 heavy (non-hydrogen) atoms. The number of aliphatic imine (C=N–C) groups is 1. The Kier molecular flexibility index (Phi) is 8.66. The van der Waals surface area contributed by atoms with Gasteiger partial charge in [-0.25, -0.2) is 4.99 Å². The van der Waals surface area contributed by atoms with Crippen molar-refractivity contribution in [3.63, 3.8) is 0 Å². The van der Waals surface area contributed by atoms with Crippen molar-refractivity contribution in [1.29, 1.82) is 0 Å². The van der Waals surface area contributed by atoms with Gasteiger partial charge in [0, 0.05) is 43.5 Å². The van der Waals surface area contributed by atoms with Crippen LogP contribution in [0.1, 0.15) is 36.0 Å². The van der Waals surface area contributed by atoms with E-state index in [9.17, 15) is 4.79 Å². The molecule has 4 rings (SSSR count). The van der Waals surface area contributed by atoms with E-state index in [0.29, 0.717) is 19.5 Å². The zero-order valence-corrected chi connectivity index (χ0v) is 20.5. The Bertz CT molecular complexity index is 1050. The number of fused-ring (bicyclic) bond motifs is 1. The first-order chi connectivity index (χ1) is 15.2. The number of guanidine groups is 1. The maximum atomic E-state index is 12.1. The molecule has 1 aliphatic rings. The number of nitrogens with zero attached hydrogens (tertiary/aromatic N) is 3. The Morgan fingerprint density at radius 1 is 1.16 bits per heavy atom. The average Bonchev–Trinajstić information content (AvgIpc) is 3.28. The summed E-state index contributed by atoms with van der Waals surface area (Å²) in [5.74, 6) is 0.927. The summed E-state index contributed by atoms with van der Waals surface area (Å²) < 4.78 is 1.91. The van der Waals surface area contributed by atoms with Crippen LogP contribution in [0.3, 0.4) is 0 Å². The first-order valence-electron chi connectivity index (χ1n) is 10.7. The molecular formula is C24H29IN6O. The molecule has 3 N–H and O–H groups in total. The quantitative estimate of drug-likeness (QED) is 0.241. The van der Waals surface area contributed by atoms with Crippen LogP contribution in [0, 0.1) is 0 Å². The molecule has 0 radical (unpaired) electrons. The Morgan fingerprint density at radius 2 is 2.00 bits per heavy atom. The van der Waals surface area contributed by atoms with Gasteiger partial charge in [0.05, 0.1) is 13.1 Å². The molecule has 1 aromatic heterocycles. The number of anilines is 1. The highest BCUT2D eigenvalue weighted by Gasteiger charge is 2.24. The molecule has 7 nitrogen and oxygen atoms in total. The van der Waals surface area contributed by atoms with Crippen LogP contribution in [0.4, 0.5) is 5.69 Å². The van der Waals surface area contributed by atoms with Crippen LogP contribution in [-0.4, -0.2) is 34.7 Å². The number of nitrogens with one attached hydrogen (secondary N) is 3. The Hall–Kier alpha value is -2.88. The summed E-state index contributed by atoms with van der Waals surface area (Å²) in [6.45, 7) is 4.78. The molecule has 3 aromatic rings. The highest BCUT2D eigenvalue weighted by Crippen LogP contribution is 2.31. The van der Waals surface area contributed by atoms with E-state index in [1.165, 1.54) is 5.56 Å². The predicted molar refractivity (Wildman–Crippen MR) is 138 cm³/mol. The first kappa shape index (κ1) is 23.8. The number of para-hydroxylation sites is 1. The molecule has 0 saturated heterocycles. The number of halogens is 1. The Balaban J connectivity index is 0.00000289. The largest absolute Gasteiger partial charge is 0.357 e. The smallest absolute Gasteiger partial charge is 0.225 e. The van der Waals surface area contributed by atoms with Crippen LogP contribution in [-0.2, 0) is 17.9 Å². The number of rotatable bonds is 7. The summed E-state index contributed by atoms with van der Waals surface area (Å²) in [6, 6.07) is 18.3. The van der Waals surface area contributed by atoms with Gasteiger partial charge in [0.1, 0.15) is 0 Å². The lowest BCUT2D eigenvalue weighted by atomic mass is 9.90. The molecule has 2 aromatic carbocycles. The first-order valence-corrected chi connectivity index (χ1v) is 10.7. The van der Waals surface area contributed by atoms with Crippen molar-refractivity contribution in [3.8, 4) is 0 Å². The van der Waals surface area contributed by atoms with Gasteiger partial charge in [-0.3, -0.25) is 9.48 Å². The third-order valence-corrected chi connectivity index (χ3v) is 5.28. The molecule has 8 heteroatoms. The van der Waals surface area contributed by atoms with Crippen LogP contribution >= 0.6 is 24.0 Å². The summed E-state index contributed by atoms with van der Waals surface area (Å²) in [4.78, 5) is 16.8. The second kappa shape index (κ2) is 11.7. The van der Waals surface area contributed by atoms with Gasteiger partial charge in [-0.1, -0.05) is 42.5 Å². The minimum absolute atomic E-state index is 0. The van der Waals surface area contributed by atoms with E-state index >= 15 is 0 Å². The van der Waals surface area contributed by atoms with E-state index in [1.54, 1.807) is 6.20 Å². The SMILES string of the molecule is CCNC(=NCc1cccc(Cn2cccn2)c1)NCC1CC(=O)Nc2ccccc21.I. The highest BCUT2D eigenvalue weighted by atomic mass is 127. The highest BCUT2D eigenvalue weighted by molar-refractivity contribution is 14.0. The van der Waals surface area contributed by atoms with E-state index in [2.05, 4.69) is 51.4 Å². The molecule has 168 valence electrons. The van der Waals surface area contributed by atoms with Gasteiger partial charge in [-0.2, -0.15) is 5.10 Å². The lowest BCUT2D eigenvalue weighted by Gasteiger charge is -2.26. The number of carbonyl (C=O) groups is 1. The number of aromatic nitrogens is 2. The van der Waals surface area contributed by atoms with Gasteiger partial charge in [-0.05, 0) is 35.7 Å². The van der Waals surface area contributed by atoms with Crippen molar-refractivity contribution in [1.82, 2.24) is 20.4 Å². The Labute approximate surface area is 205 Å². The molecule has 1 amide bonds. The van der Waals surface area contributed by atoms with Gasteiger partial charge < -0.3 is 16.0 Å². The third kappa shape index (κ3) is 6.32. The molecule has 0 bridgehead atoms. The maximum Gasteiger partial charge on any atom is 0.225 e. The lowest BCUT2D eigenvalue weighted by Crippen LogP contribution is -2.40. The van der Waals surface area contributed by atoms with Crippen molar-refractivity contribution in [3.05, 3.63) is 83.7 Å². The van der Waals surface area contributed by atoms with Gasteiger partial charge in [-0.15, -0.1) is 24.0 Å². The Morgan fingerprint density at radius 3 is 2.81 bits per heavy atom. The molecule has 1 atom stereocenters. The van der Waals surface area contributed by atoms with Crippen molar-refractivity contribution in [2.45, 2.75) is 32.4 Å². The predicted octanol–water partition coefficient (Wildman–Crippen LogP) is 3.73. The normalized spacial score (nSPS) is 15.3. The molecule has 1 aliphatic heterocycles. The zero-order chi connectivity index (χ0) is 21.5. The number of carbonyl (C=O) groups excluding carboxylic acids is 1. The summed E-state index contributed by atoms with van der Waals surface area (Å²) in [5.41, 5.74) is 4.40. The second-order valence-electron chi connectivity index (χ2n) is 7.64. The molecular weight excluding hydrogens is 515 g/mol.